The van der Waals surface area contributed by atoms with Crippen LogP contribution in [0.5, 0.6) is 0 Å². The van der Waals surface area contributed by atoms with Crippen molar-refractivity contribution in [2.75, 3.05) is 0 Å². The first-order chi connectivity index (χ1) is 8.75. The number of aryl methyl sites for hydroxylation is 1. The van der Waals surface area contributed by atoms with Crippen molar-refractivity contribution < 1.29 is 0 Å². The van der Waals surface area contributed by atoms with E-state index in [1.165, 1.54) is 5.56 Å². The van der Waals surface area contributed by atoms with Crippen molar-refractivity contribution in [1.29, 1.82) is 0 Å². The van der Waals surface area contributed by atoms with Gasteiger partial charge in [-0.2, -0.15) is 0 Å². The van der Waals surface area contributed by atoms with Crippen LogP contribution in [-0.2, 0) is 6.42 Å². The molecule has 0 aromatic carbocycles. The summed E-state index contributed by atoms with van der Waals surface area (Å²) in [5, 5.41) is 0.635. The average molecular weight is 260 g/mol. The van der Waals surface area contributed by atoms with E-state index in [1.54, 1.807) is 6.20 Å². The largest absolute Gasteiger partial charge is 0.322 e. The van der Waals surface area contributed by atoms with E-state index in [1.807, 2.05) is 24.4 Å². The van der Waals surface area contributed by atoms with Gasteiger partial charge in [0.25, 0.3) is 0 Å². The lowest BCUT2D eigenvalue weighted by Gasteiger charge is -2.18. The first-order valence-electron chi connectivity index (χ1n) is 6.06. The quantitative estimate of drug-likeness (QED) is 0.902. The molecule has 4 heteroatoms. The van der Waals surface area contributed by atoms with Crippen LogP contribution in [0, 0.1) is 0 Å². The molecule has 0 spiro atoms. The van der Waals surface area contributed by atoms with Crippen LogP contribution in [0.15, 0.2) is 36.7 Å². The predicted octanol–water partition coefficient (Wildman–Crippen LogP) is 2.86. The Morgan fingerprint density at radius 3 is 2.94 bits per heavy atom. The van der Waals surface area contributed by atoms with E-state index in [0.29, 0.717) is 5.02 Å². The Labute approximate surface area is 111 Å². The number of hydrogen-bond acceptors (Lipinski definition) is 3. The van der Waals surface area contributed by atoms with Gasteiger partial charge < -0.3 is 5.73 Å². The van der Waals surface area contributed by atoms with Gasteiger partial charge in [-0.15, -0.1) is 0 Å². The molecule has 3 rings (SSSR count). The summed E-state index contributed by atoms with van der Waals surface area (Å²) in [4.78, 5) is 8.78. The van der Waals surface area contributed by atoms with E-state index in [9.17, 15) is 0 Å². The Kier molecular flexibility index (Phi) is 3.02. The summed E-state index contributed by atoms with van der Waals surface area (Å²) in [6.07, 6.45) is 5.57. The fourth-order valence-corrected chi connectivity index (χ4v) is 2.70. The van der Waals surface area contributed by atoms with Crippen molar-refractivity contribution in [1.82, 2.24) is 9.97 Å². The van der Waals surface area contributed by atoms with Crippen LogP contribution in [-0.4, -0.2) is 9.97 Å². The lowest BCUT2D eigenvalue weighted by molar-refractivity contribution is 0.530. The Bertz CT molecular complexity index is 553. The van der Waals surface area contributed by atoms with Crippen molar-refractivity contribution in [2.45, 2.75) is 24.8 Å². The highest BCUT2D eigenvalue weighted by Gasteiger charge is 2.30. The molecule has 0 saturated carbocycles. The normalized spacial score (nSPS) is 19.6. The molecular formula is C14H14ClN3. The summed E-state index contributed by atoms with van der Waals surface area (Å²) in [5.74, 6) is 0.259. The van der Waals surface area contributed by atoms with Gasteiger partial charge in [0.05, 0.1) is 16.8 Å². The molecule has 0 amide bonds. The SMILES string of the molecule is NC(c1ccc(Cl)cn1)C1CCc2cccnc21. The molecule has 0 fully saturated rings. The Hall–Kier alpha value is -1.45. The molecular weight excluding hydrogens is 246 g/mol. The summed E-state index contributed by atoms with van der Waals surface area (Å²) in [6, 6.07) is 7.72. The Morgan fingerprint density at radius 2 is 2.17 bits per heavy atom. The van der Waals surface area contributed by atoms with Crippen molar-refractivity contribution >= 4 is 11.6 Å². The fourth-order valence-electron chi connectivity index (χ4n) is 2.58. The molecule has 2 heterocycles. The maximum absolute atomic E-state index is 6.32. The summed E-state index contributed by atoms with van der Waals surface area (Å²) in [5.41, 5.74) is 9.64. The molecule has 92 valence electrons. The topological polar surface area (TPSA) is 51.8 Å². The number of aromatic nitrogens is 2. The minimum absolute atomic E-state index is 0.113. The van der Waals surface area contributed by atoms with Gasteiger partial charge >= 0.3 is 0 Å². The molecule has 2 atom stereocenters. The van der Waals surface area contributed by atoms with E-state index < -0.39 is 0 Å². The summed E-state index contributed by atoms with van der Waals surface area (Å²) in [6.45, 7) is 0. The molecule has 18 heavy (non-hydrogen) atoms. The lowest BCUT2D eigenvalue weighted by Crippen LogP contribution is -2.20. The average Bonchev–Trinajstić information content (AvgIpc) is 2.82. The lowest BCUT2D eigenvalue weighted by atomic mass is 9.95. The predicted molar refractivity (Wildman–Crippen MR) is 71.5 cm³/mol. The highest BCUT2D eigenvalue weighted by atomic mass is 35.5. The van der Waals surface area contributed by atoms with Gasteiger partial charge in [0.15, 0.2) is 0 Å². The highest BCUT2D eigenvalue weighted by molar-refractivity contribution is 6.30. The molecule has 1 aliphatic carbocycles. The second-order valence-electron chi connectivity index (χ2n) is 4.62. The maximum atomic E-state index is 6.32. The van der Waals surface area contributed by atoms with Crippen LogP contribution < -0.4 is 5.73 Å². The molecule has 0 bridgehead atoms. The third-order valence-corrected chi connectivity index (χ3v) is 3.75. The number of fused-ring (bicyclic) bond motifs is 1. The van der Waals surface area contributed by atoms with Crippen LogP contribution >= 0.6 is 11.6 Å². The number of hydrogen-bond donors (Lipinski definition) is 1. The molecule has 2 unspecified atom stereocenters. The number of halogens is 1. The van der Waals surface area contributed by atoms with Gasteiger partial charge in [0, 0.05) is 24.0 Å². The summed E-state index contributed by atoms with van der Waals surface area (Å²) >= 11 is 5.84. The van der Waals surface area contributed by atoms with Gasteiger partial charge in [-0.25, -0.2) is 0 Å². The van der Waals surface area contributed by atoms with Gasteiger partial charge in [0.1, 0.15) is 0 Å². The van der Waals surface area contributed by atoms with E-state index in [0.717, 1.165) is 24.2 Å². The third kappa shape index (κ3) is 2.00. The standard InChI is InChI=1S/C14H14ClN3/c15-10-4-6-12(18-8-10)13(16)11-5-3-9-2-1-7-17-14(9)11/h1-2,4,6-8,11,13H,3,5,16H2. The van der Waals surface area contributed by atoms with Crippen molar-refractivity contribution in [3.05, 3.63) is 58.6 Å². The zero-order valence-corrected chi connectivity index (χ0v) is 10.6. The van der Waals surface area contributed by atoms with Crippen molar-refractivity contribution in [3.8, 4) is 0 Å². The molecule has 0 saturated heterocycles. The van der Waals surface area contributed by atoms with Gasteiger partial charge in [-0.05, 0) is 36.6 Å². The molecule has 0 aliphatic heterocycles. The Balaban J connectivity index is 1.90. The van der Waals surface area contributed by atoms with Crippen LogP contribution in [0.1, 0.15) is 35.3 Å². The van der Waals surface area contributed by atoms with Crippen molar-refractivity contribution in [3.63, 3.8) is 0 Å². The molecule has 3 nitrogen and oxygen atoms in total. The minimum Gasteiger partial charge on any atom is -0.322 e. The van der Waals surface area contributed by atoms with Crippen molar-refractivity contribution in [2.24, 2.45) is 5.73 Å². The van der Waals surface area contributed by atoms with Gasteiger partial charge in [-0.3, -0.25) is 9.97 Å². The van der Waals surface area contributed by atoms with E-state index >= 15 is 0 Å². The maximum Gasteiger partial charge on any atom is 0.0589 e. The molecule has 2 aromatic rings. The van der Waals surface area contributed by atoms with Gasteiger partial charge in [0.2, 0.25) is 0 Å². The third-order valence-electron chi connectivity index (χ3n) is 3.53. The number of nitrogens with two attached hydrogens (primary N) is 1. The van der Waals surface area contributed by atoms with E-state index in [-0.39, 0.29) is 12.0 Å². The zero-order chi connectivity index (χ0) is 12.5. The molecule has 2 N–H and O–H groups in total. The second kappa shape index (κ2) is 4.67. The summed E-state index contributed by atoms with van der Waals surface area (Å²) < 4.78 is 0. The molecule has 1 aliphatic rings. The minimum atomic E-state index is -0.113. The van der Waals surface area contributed by atoms with Crippen LogP contribution in [0.4, 0.5) is 0 Å². The number of pyridine rings is 2. The smallest absolute Gasteiger partial charge is 0.0589 e. The van der Waals surface area contributed by atoms with Gasteiger partial charge in [-0.1, -0.05) is 17.7 Å². The fraction of sp³-hybridized carbons (Fsp3) is 0.286. The van der Waals surface area contributed by atoms with E-state index in [4.69, 9.17) is 17.3 Å². The zero-order valence-electron chi connectivity index (χ0n) is 9.88. The summed E-state index contributed by atoms with van der Waals surface area (Å²) in [7, 11) is 0. The second-order valence-corrected chi connectivity index (χ2v) is 5.06. The first-order valence-corrected chi connectivity index (χ1v) is 6.44. The molecule has 2 aromatic heterocycles. The van der Waals surface area contributed by atoms with Crippen LogP contribution in [0.25, 0.3) is 0 Å². The first kappa shape index (κ1) is 11.6. The number of rotatable bonds is 2. The Morgan fingerprint density at radius 1 is 1.28 bits per heavy atom. The highest BCUT2D eigenvalue weighted by Crippen LogP contribution is 2.38. The van der Waals surface area contributed by atoms with Crippen LogP contribution in [0.2, 0.25) is 5.02 Å². The number of nitrogens with zero attached hydrogens (tertiary/aromatic N) is 2. The van der Waals surface area contributed by atoms with Crippen LogP contribution in [0.3, 0.4) is 0 Å². The van der Waals surface area contributed by atoms with E-state index in [2.05, 4.69) is 16.0 Å². The molecule has 0 radical (unpaired) electrons. The monoisotopic (exact) mass is 259 g/mol.